The van der Waals surface area contributed by atoms with Gasteiger partial charge in [-0.05, 0) is 48.4 Å². The van der Waals surface area contributed by atoms with E-state index in [1.165, 1.54) is 0 Å². The molecular formula is C17H13ClF4N2O3. The number of urea groups is 1. The second-order valence-electron chi connectivity index (χ2n) is 5.77. The quantitative estimate of drug-likeness (QED) is 0.709. The van der Waals surface area contributed by atoms with Crippen LogP contribution < -0.4 is 15.4 Å². The van der Waals surface area contributed by atoms with Crippen molar-refractivity contribution in [1.82, 2.24) is 5.32 Å². The summed E-state index contributed by atoms with van der Waals surface area (Å²) in [7, 11) is 0. The number of carbonyl (C=O) groups is 1. The maximum atomic E-state index is 13.7. The van der Waals surface area contributed by atoms with Crippen LogP contribution in [0.1, 0.15) is 16.7 Å². The summed E-state index contributed by atoms with van der Waals surface area (Å²) in [5.41, 5.74) is 0.720. The van der Waals surface area contributed by atoms with Gasteiger partial charge in [-0.2, -0.15) is 8.78 Å². The molecule has 0 aromatic heterocycles. The molecule has 27 heavy (non-hydrogen) atoms. The first-order chi connectivity index (χ1) is 12.6. The lowest BCUT2D eigenvalue weighted by Crippen LogP contribution is -2.41. The standard InChI is InChI=1S/C17H13ClF4N2O3/c1-9-6-11(18)3-2-10(9)8-23-15(25)24-12-4-5-14-13(7-12)16(19,20)27-17(21,22)26-14/h2-7H,8H2,1H3,(H2,23,24,25). The van der Waals surface area contributed by atoms with Crippen molar-refractivity contribution in [3.05, 3.63) is 58.1 Å². The molecule has 3 rings (SSSR count). The first kappa shape index (κ1) is 19.2. The number of rotatable bonds is 3. The Morgan fingerprint density at radius 2 is 1.89 bits per heavy atom. The third kappa shape index (κ3) is 4.42. The molecule has 5 nitrogen and oxygen atoms in total. The highest BCUT2D eigenvalue weighted by molar-refractivity contribution is 6.30. The van der Waals surface area contributed by atoms with Gasteiger partial charge in [0.05, 0.1) is 5.56 Å². The number of aryl methyl sites for hydroxylation is 1. The summed E-state index contributed by atoms with van der Waals surface area (Å²) in [6.45, 7) is 2.00. The van der Waals surface area contributed by atoms with Crippen LogP contribution in [0.4, 0.5) is 28.0 Å². The zero-order valence-electron chi connectivity index (χ0n) is 13.8. The molecule has 2 aromatic carbocycles. The predicted octanol–water partition coefficient (Wildman–Crippen LogP) is 4.98. The van der Waals surface area contributed by atoms with E-state index in [1.807, 2.05) is 6.92 Å². The fourth-order valence-corrected chi connectivity index (χ4v) is 2.71. The zero-order chi connectivity index (χ0) is 19.8. The van der Waals surface area contributed by atoms with Crippen molar-refractivity contribution in [2.24, 2.45) is 0 Å². The zero-order valence-corrected chi connectivity index (χ0v) is 14.5. The average molecular weight is 405 g/mol. The van der Waals surface area contributed by atoms with Gasteiger partial charge < -0.3 is 15.4 Å². The highest BCUT2D eigenvalue weighted by Crippen LogP contribution is 2.46. The number of anilines is 1. The number of hydrogen-bond acceptors (Lipinski definition) is 3. The summed E-state index contributed by atoms with van der Waals surface area (Å²) in [5.74, 6) is -0.737. The van der Waals surface area contributed by atoms with Crippen molar-refractivity contribution < 1.29 is 31.8 Å². The lowest BCUT2D eigenvalue weighted by atomic mass is 10.1. The highest BCUT2D eigenvalue weighted by atomic mass is 35.5. The molecule has 2 amide bonds. The molecule has 0 saturated carbocycles. The second kappa shape index (κ2) is 6.90. The molecule has 1 aliphatic heterocycles. The Morgan fingerprint density at radius 3 is 2.59 bits per heavy atom. The third-order valence-electron chi connectivity index (χ3n) is 3.77. The van der Waals surface area contributed by atoms with E-state index in [2.05, 4.69) is 20.1 Å². The van der Waals surface area contributed by atoms with Gasteiger partial charge in [0, 0.05) is 17.3 Å². The number of nitrogens with one attached hydrogen (secondary N) is 2. The maximum absolute atomic E-state index is 13.7. The van der Waals surface area contributed by atoms with Gasteiger partial charge in [-0.15, -0.1) is 8.78 Å². The topological polar surface area (TPSA) is 59.6 Å². The molecule has 0 fully saturated rings. The smallest absolute Gasteiger partial charge is 0.409 e. The Hall–Kier alpha value is -2.52. The van der Waals surface area contributed by atoms with E-state index < -0.39 is 29.7 Å². The number of fused-ring (bicyclic) bond motifs is 1. The fraction of sp³-hybridized carbons (Fsp3) is 0.235. The van der Waals surface area contributed by atoms with E-state index in [-0.39, 0.29) is 12.2 Å². The molecule has 2 aromatic rings. The summed E-state index contributed by atoms with van der Waals surface area (Å²) >= 11 is 5.86. The molecule has 0 saturated heterocycles. The molecule has 0 aliphatic carbocycles. The van der Waals surface area contributed by atoms with E-state index >= 15 is 0 Å². The SMILES string of the molecule is Cc1cc(Cl)ccc1CNC(=O)Nc1ccc2c(c1)C(F)(F)OC(F)(F)O2. The van der Waals surface area contributed by atoms with Crippen LogP contribution in [0.15, 0.2) is 36.4 Å². The van der Waals surface area contributed by atoms with Crippen LogP contribution >= 0.6 is 11.6 Å². The van der Waals surface area contributed by atoms with Crippen LogP contribution in [0, 0.1) is 6.92 Å². The van der Waals surface area contributed by atoms with Crippen LogP contribution in [0.5, 0.6) is 5.75 Å². The molecule has 0 unspecified atom stereocenters. The molecular weight excluding hydrogens is 392 g/mol. The Balaban J connectivity index is 1.68. The maximum Gasteiger partial charge on any atom is 0.540 e. The molecule has 0 radical (unpaired) electrons. The number of alkyl halides is 4. The van der Waals surface area contributed by atoms with E-state index in [4.69, 9.17) is 11.6 Å². The Bertz CT molecular complexity index is 892. The molecule has 1 heterocycles. The molecule has 144 valence electrons. The van der Waals surface area contributed by atoms with Gasteiger partial charge in [0.15, 0.2) is 0 Å². The molecule has 0 spiro atoms. The lowest BCUT2D eigenvalue weighted by molar-refractivity contribution is -0.461. The predicted molar refractivity (Wildman–Crippen MR) is 89.0 cm³/mol. The van der Waals surface area contributed by atoms with E-state index in [0.717, 1.165) is 29.3 Å². The van der Waals surface area contributed by atoms with Crippen molar-refractivity contribution in [2.45, 2.75) is 25.9 Å². The minimum absolute atomic E-state index is 0.0452. The number of ether oxygens (including phenoxy) is 2. The number of amides is 2. The average Bonchev–Trinajstić information content (AvgIpc) is 2.53. The summed E-state index contributed by atoms with van der Waals surface area (Å²) in [4.78, 5) is 12.0. The number of halogens is 5. The van der Waals surface area contributed by atoms with Crippen LogP contribution in [-0.2, 0) is 17.4 Å². The fourth-order valence-electron chi connectivity index (χ4n) is 2.49. The van der Waals surface area contributed by atoms with E-state index in [9.17, 15) is 22.4 Å². The number of hydrogen-bond donors (Lipinski definition) is 2. The van der Waals surface area contributed by atoms with Gasteiger partial charge in [0.25, 0.3) is 0 Å². The Kier molecular flexibility index (Phi) is 4.92. The normalized spacial score (nSPS) is 16.8. The van der Waals surface area contributed by atoms with E-state index in [0.29, 0.717) is 5.02 Å². The van der Waals surface area contributed by atoms with Crippen LogP contribution in [-0.4, -0.2) is 12.3 Å². The largest absolute Gasteiger partial charge is 0.540 e. The van der Waals surface area contributed by atoms with Crippen molar-refractivity contribution in [1.29, 1.82) is 0 Å². The van der Waals surface area contributed by atoms with Gasteiger partial charge in [-0.25, -0.2) is 9.53 Å². The Labute approximate surface area is 156 Å². The van der Waals surface area contributed by atoms with Crippen LogP contribution in [0.2, 0.25) is 5.02 Å². The van der Waals surface area contributed by atoms with Gasteiger partial charge in [0.2, 0.25) is 0 Å². The van der Waals surface area contributed by atoms with Crippen LogP contribution in [0.25, 0.3) is 0 Å². The van der Waals surface area contributed by atoms with Crippen molar-refractivity contribution in [3.8, 4) is 5.75 Å². The summed E-state index contributed by atoms with van der Waals surface area (Å²) in [5, 5.41) is 5.46. The molecule has 10 heteroatoms. The number of carbonyl (C=O) groups excluding carboxylic acids is 1. The van der Waals surface area contributed by atoms with Crippen molar-refractivity contribution >= 4 is 23.3 Å². The number of benzene rings is 2. The van der Waals surface area contributed by atoms with Crippen molar-refractivity contribution in [3.63, 3.8) is 0 Å². The van der Waals surface area contributed by atoms with Gasteiger partial charge in [-0.3, -0.25) is 0 Å². The monoisotopic (exact) mass is 404 g/mol. The second-order valence-corrected chi connectivity index (χ2v) is 6.21. The minimum Gasteiger partial charge on any atom is -0.409 e. The lowest BCUT2D eigenvalue weighted by Gasteiger charge is -2.30. The molecule has 0 bridgehead atoms. The minimum atomic E-state index is -4.45. The molecule has 1 aliphatic rings. The van der Waals surface area contributed by atoms with Gasteiger partial charge in [0.1, 0.15) is 5.75 Å². The summed E-state index contributed by atoms with van der Waals surface area (Å²) in [6, 6.07) is 7.34. The Morgan fingerprint density at radius 1 is 1.15 bits per heavy atom. The first-order valence-corrected chi connectivity index (χ1v) is 8.03. The summed E-state index contributed by atoms with van der Waals surface area (Å²) in [6.07, 6.45) is -8.72. The van der Waals surface area contributed by atoms with Crippen LogP contribution in [0.3, 0.4) is 0 Å². The van der Waals surface area contributed by atoms with Gasteiger partial charge in [-0.1, -0.05) is 17.7 Å². The third-order valence-corrected chi connectivity index (χ3v) is 4.01. The highest BCUT2D eigenvalue weighted by Gasteiger charge is 2.54. The molecule has 0 atom stereocenters. The van der Waals surface area contributed by atoms with Crippen molar-refractivity contribution in [2.75, 3.05) is 5.32 Å². The first-order valence-electron chi connectivity index (χ1n) is 7.65. The molecule has 2 N–H and O–H groups in total. The van der Waals surface area contributed by atoms with Gasteiger partial charge >= 0.3 is 18.4 Å². The van der Waals surface area contributed by atoms with E-state index in [1.54, 1.807) is 18.2 Å². The summed E-state index contributed by atoms with van der Waals surface area (Å²) < 4.78 is 60.9.